The van der Waals surface area contributed by atoms with Gasteiger partial charge in [0.2, 0.25) is 0 Å². The molecule has 2 aromatic carbocycles. The van der Waals surface area contributed by atoms with Crippen LogP contribution in [-0.2, 0) is 7.05 Å². The van der Waals surface area contributed by atoms with Crippen LogP contribution in [0.1, 0.15) is 15.9 Å². The molecule has 3 aromatic rings. The number of rotatable bonds is 2. The van der Waals surface area contributed by atoms with Crippen molar-refractivity contribution in [2.24, 2.45) is 7.05 Å². The molecule has 1 aromatic heterocycles. The van der Waals surface area contributed by atoms with Gasteiger partial charge in [-0.3, -0.25) is 9.36 Å². The molecule has 0 aliphatic rings. The molecule has 0 spiro atoms. The van der Waals surface area contributed by atoms with E-state index in [2.05, 4.69) is 15.9 Å². The molecule has 106 valence electrons. The van der Waals surface area contributed by atoms with Gasteiger partial charge in [0.1, 0.15) is 0 Å². The van der Waals surface area contributed by atoms with Gasteiger partial charge in [-0.25, -0.2) is 4.79 Å². The number of nitrogen functional groups attached to an aromatic ring is 1. The Labute approximate surface area is 128 Å². The van der Waals surface area contributed by atoms with Crippen LogP contribution < -0.4 is 11.5 Å². The van der Waals surface area contributed by atoms with Crippen LogP contribution in [0.25, 0.3) is 11.1 Å². The number of nitrogens with zero attached hydrogens (tertiary/aromatic N) is 1. The molecular formula is C15H11BrN2O3. The molecule has 0 unspecified atom stereocenters. The zero-order valence-electron chi connectivity index (χ0n) is 11.1. The molecule has 0 fully saturated rings. The van der Waals surface area contributed by atoms with E-state index in [9.17, 15) is 9.59 Å². The van der Waals surface area contributed by atoms with Crippen LogP contribution in [-0.4, -0.2) is 10.4 Å². The van der Waals surface area contributed by atoms with E-state index in [-0.39, 0.29) is 5.78 Å². The highest BCUT2D eigenvalue weighted by atomic mass is 79.9. The molecule has 0 saturated heterocycles. The fourth-order valence-corrected chi connectivity index (χ4v) is 2.57. The van der Waals surface area contributed by atoms with Crippen molar-refractivity contribution in [2.45, 2.75) is 0 Å². The third-order valence-electron chi connectivity index (χ3n) is 3.29. The maximum absolute atomic E-state index is 12.5. The molecule has 3 rings (SSSR count). The molecule has 0 aliphatic carbocycles. The molecular weight excluding hydrogens is 336 g/mol. The van der Waals surface area contributed by atoms with Crippen LogP contribution in [0.2, 0.25) is 0 Å². The molecule has 0 aliphatic heterocycles. The lowest BCUT2D eigenvalue weighted by Crippen LogP contribution is -2.08. The van der Waals surface area contributed by atoms with Gasteiger partial charge in [-0.1, -0.05) is 15.9 Å². The summed E-state index contributed by atoms with van der Waals surface area (Å²) in [5.74, 6) is -0.651. The Kier molecular flexibility index (Phi) is 3.17. The number of nitrogens with two attached hydrogens (primary N) is 1. The molecule has 5 nitrogen and oxygen atoms in total. The Hall–Kier alpha value is -2.34. The largest absolute Gasteiger partial charge is 0.419 e. The molecule has 0 saturated carbocycles. The number of carbonyl (C=O) groups is 1. The number of ketones is 1. The van der Waals surface area contributed by atoms with Crippen LogP contribution in [0.15, 0.2) is 50.1 Å². The summed E-state index contributed by atoms with van der Waals surface area (Å²) < 4.78 is 7.15. The maximum atomic E-state index is 12.5. The average molecular weight is 347 g/mol. The minimum absolute atomic E-state index is 0.192. The van der Waals surface area contributed by atoms with Crippen LogP contribution in [0.5, 0.6) is 0 Å². The minimum Gasteiger partial charge on any atom is -0.408 e. The van der Waals surface area contributed by atoms with Crippen molar-refractivity contribution in [3.05, 3.63) is 62.5 Å². The van der Waals surface area contributed by atoms with Crippen molar-refractivity contribution in [3.8, 4) is 0 Å². The number of anilines is 1. The van der Waals surface area contributed by atoms with Gasteiger partial charge in [-0.05, 0) is 36.4 Å². The highest BCUT2D eigenvalue weighted by Gasteiger charge is 2.15. The van der Waals surface area contributed by atoms with E-state index in [0.717, 1.165) is 0 Å². The first-order valence-electron chi connectivity index (χ1n) is 6.16. The Morgan fingerprint density at radius 1 is 1.24 bits per heavy atom. The van der Waals surface area contributed by atoms with Gasteiger partial charge in [0.05, 0.1) is 5.52 Å². The summed E-state index contributed by atoms with van der Waals surface area (Å²) in [6.07, 6.45) is 0. The van der Waals surface area contributed by atoms with Crippen molar-refractivity contribution in [1.82, 2.24) is 4.57 Å². The van der Waals surface area contributed by atoms with E-state index in [4.69, 9.17) is 10.2 Å². The number of aryl methyl sites for hydroxylation is 1. The third kappa shape index (κ3) is 2.27. The SMILES string of the molecule is Cn1c(=O)oc2cc(C(=O)c3cc(N)ccc3Br)ccc21. The van der Waals surface area contributed by atoms with Crippen molar-refractivity contribution in [2.75, 3.05) is 5.73 Å². The fourth-order valence-electron chi connectivity index (χ4n) is 2.15. The van der Waals surface area contributed by atoms with E-state index in [1.54, 1.807) is 43.4 Å². The summed E-state index contributed by atoms with van der Waals surface area (Å²) in [5.41, 5.74) is 8.15. The zero-order chi connectivity index (χ0) is 15.1. The lowest BCUT2D eigenvalue weighted by molar-refractivity contribution is 0.103. The lowest BCUT2D eigenvalue weighted by Gasteiger charge is -2.05. The second-order valence-electron chi connectivity index (χ2n) is 4.68. The standard InChI is InChI=1S/C15H11BrN2O3/c1-18-12-5-2-8(6-13(12)21-15(18)20)14(19)10-7-9(17)3-4-11(10)16/h2-7H,17H2,1H3. The van der Waals surface area contributed by atoms with Crippen molar-refractivity contribution < 1.29 is 9.21 Å². The van der Waals surface area contributed by atoms with Crippen LogP contribution >= 0.6 is 15.9 Å². The van der Waals surface area contributed by atoms with Crippen molar-refractivity contribution in [3.63, 3.8) is 0 Å². The fraction of sp³-hybridized carbons (Fsp3) is 0.0667. The molecule has 6 heteroatoms. The molecule has 0 bridgehead atoms. The molecule has 2 N–H and O–H groups in total. The normalized spacial score (nSPS) is 11.0. The first-order valence-corrected chi connectivity index (χ1v) is 6.96. The van der Waals surface area contributed by atoms with Gasteiger partial charge >= 0.3 is 5.76 Å². The summed E-state index contributed by atoms with van der Waals surface area (Å²) in [6.45, 7) is 0. The molecule has 0 atom stereocenters. The number of benzene rings is 2. The van der Waals surface area contributed by atoms with Crippen molar-refractivity contribution >= 4 is 38.5 Å². The first kappa shape index (κ1) is 13.6. The van der Waals surface area contributed by atoms with E-state index in [1.165, 1.54) is 4.57 Å². The van der Waals surface area contributed by atoms with Gasteiger partial charge in [-0.2, -0.15) is 0 Å². The molecule has 0 amide bonds. The Balaban J connectivity index is 2.13. The predicted molar refractivity (Wildman–Crippen MR) is 83.4 cm³/mol. The number of carbonyl (C=O) groups excluding carboxylic acids is 1. The topological polar surface area (TPSA) is 78.2 Å². The van der Waals surface area contributed by atoms with Gasteiger partial charge in [0.15, 0.2) is 11.4 Å². The van der Waals surface area contributed by atoms with Crippen LogP contribution in [0.4, 0.5) is 5.69 Å². The lowest BCUT2D eigenvalue weighted by atomic mass is 10.0. The summed E-state index contributed by atoms with van der Waals surface area (Å²) in [5, 5.41) is 0. The monoisotopic (exact) mass is 346 g/mol. The minimum atomic E-state index is -0.459. The number of hydrogen-bond acceptors (Lipinski definition) is 4. The van der Waals surface area contributed by atoms with E-state index < -0.39 is 5.76 Å². The first-order chi connectivity index (χ1) is 9.97. The van der Waals surface area contributed by atoms with Crippen LogP contribution in [0, 0.1) is 0 Å². The molecule has 0 radical (unpaired) electrons. The summed E-state index contributed by atoms with van der Waals surface area (Å²) in [4.78, 5) is 24.0. The highest BCUT2D eigenvalue weighted by Crippen LogP contribution is 2.24. The Morgan fingerprint density at radius 3 is 2.76 bits per heavy atom. The smallest absolute Gasteiger partial charge is 0.408 e. The van der Waals surface area contributed by atoms with Gasteiger partial charge in [0, 0.05) is 28.3 Å². The van der Waals surface area contributed by atoms with E-state index in [0.29, 0.717) is 32.4 Å². The summed E-state index contributed by atoms with van der Waals surface area (Å²) >= 11 is 3.34. The maximum Gasteiger partial charge on any atom is 0.419 e. The van der Waals surface area contributed by atoms with Crippen LogP contribution in [0.3, 0.4) is 0 Å². The second-order valence-corrected chi connectivity index (χ2v) is 5.53. The summed E-state index contributed by atoms with van der Waals surface area (Å²) in [7, 11) is 1.62. The zero-order valence-corrected chi connectivity index (χ0v) is 12.7. The number of aromatic nitrogens is 1. The number of oxazole rings is 1. The number of halogens is 1. The predicted octanol–water partition coefficient (Wildman–Crippen LogP) is 2.71. The van der Waals surface area contributed by atoms with E-state index >= 15 is 0 Å². The molecule has 1 heterocycles. The Bertz CT molecular complexity index is 924. The Morgan fingerprint density at radius 2 is 2.00 bits per heavy atom. The van der Waals surface area contributed by atoms with Gasteiger partial charge < -0.3 is 10.2 Å². The van der Waals surface area contributed by atoms with E-state index in [1.807, 2.05) is 0 Å². The van der Waals surface area contributed by atoms with Gasteiger partial charge in [-0.15, -0.1) is 0 Å². The third-order valence-corrected chi connectivity index (χ3v) is 3.98. The van der Waals surface area contributed by atoms with Crippen molar-refractivity contribution in [1.29, 1.82) is 0 Å². The summed E-state index contributed by atoms with van der Waals surface area (Å²) in [6, 6.07) is 9.96. The number of fused-ring (bicyclic) bond motifs is 1. The highest BCUT2D eigenvalue weighted by molar-refractivity contribution is 9.10. The molecule has 21 heavy (non-hydrogen) atoms. The van der Waals surface area contributed by atoms with Gasteiger partial charge in [0.25, 0.3) is 0 Å². The number of hydrogen-bond donors (Lipinski definition) is 1. The average Bonchev–Trinajstić information content (AvgIpc) is 2.75. The quantitative estimate of drug-likeness (QED) is 0.571. The second kappa shape index (κ2) is 4.89.